The first-order chi connectivity index (χ1) is 13.4. The van der Waals surface area contributed by atoms with Crippen LogP contribution >= 0.6 is 0 Å². The van der Waals surface area contributed by atoms with Gasteiger partial charge < -0.3 is 19.8 Å². The molecule has 7 heteroatoms. The molecule has 0 saturated carbocycles. The second-order valence-corrected chi connectivity index (χ2v) is 6.43. The van der Waals surface area contributed by atoms with Crippen LogP contribution in [0.4, 0.5) is 4.39 Å². The number of rotatable bonds is 5. The molecule has 1 aliphatic heterocycles. The third kappa shape index (κ3) is 3.31. The monoisotopic (exact) mass is 385 g/mol. The highest BCUT2D eigenvalue weighted by atomic mass is 19.1. The van der Waals surface area contributed by atoms with Gasteiger partial charge in [-0.1, -0.05) is 19.1 Å². The minimum Gasteiger partial charge on any atom is -0.508 e. The summed E-state index contributed by atoms with van der Waals surface area (Å²) in [6.07, 6.45) is 0.602. The van der Waals surface area contributed by atoms with Crippen molar-refractivity contribution in [1.82, 2.24) is 4.90 Å². The standard InChI is InChI=1S/C21H20FNO5/c1-3-10-23-18(12-4-7-14(24)8-5-12)17(20(26)21(23)27)19(25)15-11-13(22)6-9-16(15)28-2/h4-9,11,18,24-25H,3,10H2,1-2H3/b19-17+. The first-order valence-corrected chi connectivity index (χ1v) is 8.80. The number of hydrogen-bond acceptors (Lipinski definition) is 5. The lowest BCUT2D eigenvalue weighted by Crippen LogP contribution is -2.30. The normalized spacial score (nSPS) is 18.5. The number of halogens is 1. The van der Waals surface area contributed by atoms with Gasteiger partial charge in [0.15, 0.2) is 0 Å². The van der Waals surface area contributed by atoms with Gasteiger partial charge >= 0.3 is 0 Å². The Morgan fingerprint density at radius 1 is 1.18 bits per heavy atom. The second kappa shape index (κ2) is 7.72. The maximum atomic E-state index is 13.8. The molecule has 0 radical (unpaired) electrons. The van der Waals surface area contributed by atoms with Crippen molar-refractivity contribution < 1.29 is 28.9 Å². The van der Waals surface area contributed by atoms with Gasteiger partial charge in [-0.3, -0.25) is 9.59 Å². The SMILES string of the molecule is CCCN1C(=O)C(=O)/C(=C(/O)c2cc(F)ccc2OC)C1c1ccc(O)cc1. The number of ether oxygens (including phenoxy) is 1. The lowest BCUT2D eigenvalue weighted by atomic mass is 9.95. The number of methoxy groups -OCH3 is 1. The molecular weight excluding hydrogens is 365 g/mol. The molecule has 0 spiro atoms. The number of likely N-dealkylation sites (tertiary alicyclic amines) is 1. The van der Waals surface area contributed by atoms with E-state index in [-0.39, 0.29) is 22.6 Å². The lowest BCUT2D eigenvalue weighted by molar-refractivity contribution is -0.139. The fourth-order valence-electron chi connectivity index (χ4n) is 3.37. The third-order valence-electron chi connectivity index (χ3n) is 4.63. The smallest absolute Gasteiger partial charge is 0.295 e. The Bertz CT molecular complexity index is 952. The Morgan fingerprint density at radius 3 is 2.46 bits per heavy atom. The van der Waals surface area contributed by atoms with Crippen molar-refractivity contribution in [2.24, 2.45) is 0 Å². The van der Waals surface area contributed by atoms with Gasteiger partial charge in [-0.05, 0) is 42.3 Å². The summed E-state index contributed by atoms with van der Waals surface area (Å²) in [4.78, 5) is 26.7. The molecular formula is C21H20FNO5. The molecule has 2 aromatic carbocycles. The van der Waals surface area contributed by atoms with Crippen LogP contribution in [-0.4, -0.2) is 40.5 Å². The molecule has 1 heterocycles. The van der Waals surface area contributed by atoms with E-state index in [0.29, 0.717) is 18.5 Å². The molecule has 2 aromatic rings. The summed E-state index contributed by atoms with van der Waals surface area (Å²) in [5.41, 5.74) is 0.385. The molecule has 2 N–H and O–H groups in total. The zero-order valence-electron chi connectivity index (χ0n) is 15.5. The Balaban J connectivity index is 2.24. The third-order valence-corrected chi connectivity index (χ3v) is 4.63. The number of carbonyl (C=O) groups excluding carboxylic acids is 2. The van der Waals surface area contributed by atoms with Crippen molar-refractivity contribution in [3.63, 3.8) is 0 Å². The highest BCUT2D eigenvalue weighted by Crippen LogP contribution is 2.41. The van der Waals surface area contributed by atoms with Crippen LogP contribution in [0, 0.1) is 5.82 Å². The fourth-order valence-corrected chi connectivity index (χ4v) is 3.37. The van der Waals surface area contributed by atoms with Crippen LogP contribution in [0.25, 0.3) is 5.76 Å². The summed E-state index contributed by atoms with van der Waals surface area (Å²) in [7, 11) is 1.36. The first kappa shape index (κ1) is 19.4. The summed E-state index contributed by atoms with van der Waals surface area (Å²) >= 11 is 0. The number of carbonyl (C=O) groups is 2. The van der Waals surface area contributed by atoms with Crippen LogP contribution in [0.5, 0.6) is 11.5 Å². The largest absolute Gasteiger partial charge is 0.508 e. The second-order valence-electron chi connectivity index (χ2n) is 6.43. The molecule has 0 bridgehead atoms. The van der Waals surface area contributed by atoms with Crippen LogP contribution in [0.3, 0.4) is 0 Å². The van der Waals surface area contributed by atoms with Crippen molar-refractivity contribution in [2.45, 2.75) is 19.4 Å². The van der Waals surface area contributed by atoms with E-state index in [2.05, 4.69) is 0 Å². The van der Waals surface area contributed by atoms with Crippen LogP contribution in [0.15, 0.2) is 48.0 Å². The number of benzene rings is 2. The van der Waals surface area contributed by atoms with Crippen molar-refractivity contribution in [2.75, 3.05) is 13.7 Å². The Labute approximate surface area is 161 Å². The molecule has 1 saturated heterocycles. The van der Waals surface area contributed by atoms with Crippen LogP contribution in [0.1, 0.15) is 30.5 Å². The van der Waals surface area contributed by atoms with Crippen molar-refractivity contribution in [3.05, 3.63) is 65.0 Å². The van der Waals surface area contributed by atoms with Crippen LogP contribution < -0.4 is 4.74 Å². The average Bonchev–Trinajstić information content (AvgIpc) is 2.93. The molecule has 1 unspecified atom stereocenters. The van der Waals surface area contributed by atoms with Crippen LogP contribution in [0.2, 0.25) is 0 Å². The average molecular weight is 385 g/mol. The van der Waals surface area contributed by atoms with E-state index in [4.69, 9.17) is 4.74 Å². The van der Waals surface area contributed by atoms with Gasteiger partial charge in [0.05, 0.1) is 24.3 Å². The van der Waals surface area contributed by atoms with Crippen LogP contribution in [-0.2, 0) is 9.59 Å². The molecule has 0 aromatic heterocycles. The number of phenols is 1. The maximum Gasteiger partial charge on any atom is 0.295 e. The summed E-state index contributed by atoms with van der Waals surface area (Å²) in [5, 5.41) is 20.5. The van der Waals surface area contributed by atoms with E-state index < -0.39 is 29.3 Å². The number of amides is 1. The predicted octanol–water partition coefficient (Wildman–Crippen LogP) is 3.37. The molecule has 6 nitrogen and oxygen atoms in total. The van der Waals surface area contributed by atoms with E-state index in [9.17, 15) is 24.2 Å². The number of Topliss-reactive ketones (excluding diaryl/α,β-unsaturated/α-hetero) is 1. The number of aromatic hydroxyl groups is 1. The number of aliphatic hydroxyl groups excluding tert-OH is 1. The molecule has 1 amide bonds. The molecule has 1 atom stereocenters. The molecule has 146 valence electrons. The number of phenolic OH excluding ortho intramolecular Hbond substituents is 1. The van der Waals surface area contributed by atoms with Gasteiger partial charge in [0.25, 0.3) is 11.7 Å². The molecule has 1 fully saturated rings. The molecule has 1 aliphatic rings. The Kier molecular flexibility index (Phi) is 5.35. The predicted molar refractivity (Wildman–Crippen MR) is 100 cm³/mol. The summed E-state index contributed by atoms with van der Waals surface area (Å²) < 4.78 is 19.0. The summed E-state index contributed by atoms with van der Waals surface area (Å²) in [5.74, 6) is -2.52. The molecule has 3 rings (SSSR count). The fraction of sp³-hybridized carbons (Fsp3) is 0.238. The maximum absolute atomic E-state index is 13.8. The lowest BCUT2D eigenvalue weighted by Gasteiger charge is -2.25. The Hall–Kier alpha value is -3.35. The summed E-state index contributed by atoms with van der Waals surface area (Å²) in [6, 6.07) is 8.72. The number of ketones is 1. The number of nitrogens with zero attached hydrogens (tertiary/aromatic N) is 1. The topological polar surface area (TPSA) is 87.1 Å². The quantitative estimate of drug-likeness (QED) is 0.468. The molecule has 0 aliphatic carbocycles. The molecule has 28 heavy (non-hydrogen) atoms. The van der Waals surface area contributed by atoms with E-state index in [1.165, 1.54) is 36.3 Å². The minimum atomic E-state index is -0.853. The van der Waals surface area contributed by atoms with Gasteiger partial charge in [-0.25, -0.2) is 4.39 Å². The highest BCUT2D eigenvalue weighted by molar-refractivity contribution is 6.46. The highest BCUT2D eigenvalue weighted by Gasteiger charge is 2.45. The summed E-state index contributed by atoms with van der Waals surface area (Å²) in [6.45, 7) is 2.16. The van der Waals surface area contributed by atoms with Gasteiger partial charge in [0.2, 0.25) is 0 Å². The zero-order chi connectivity index (χ0) is 20.4. The van der Waals surface area contributed by atoms with Gasteiger partial charge in [0.1, 0.15) is 23.1 Å². The zero-order valence-corrected chi connectivity index (χ0v) is 15.5. The van der Waals surface area contributed by atoms with Gasteiger partial charge in [0, 0.05) is 6.54 Å². The van der Waals surface area contributed by atoms with Gasteiger partial charge in [-0.2, -0.15) is 0 Å². The van der Waals surface area contributed by atoms with Crippen molar-refractivity contribution in [1.29, 1.82) is 0 Å². The van der Waals surface area contributed by atoms with E-state index in [0.717, 1.165) is 6.07 Å². The van der Waals surface area contributed by atoms with E-state index in [1.807, 2.05) is 6.92 Å². The van der Waals surface area contributed by atoms with E-state index in [1.54, 1.807) is 12.1 Å². The number of aliphatic hydroxyl groups is 1. The van der Waals surface area contributed by atoms with Crippen molar-refractivity contribution >= 4 is 17.4 Å². The van der Waals surface area contributed by atoms with Gasteiger partial charge in [-0.15, -0.1) is 0 Å². The minimum absolute atomic E-state index is 0.0132. The number of hydrogen-bond donors (Lipinski definition) is 2. The van der Waals surface area contributed by atoms with Crippen molar-refractivity contribution in [3.8, 4) is 11.5 Å². The Morgan fingerprint density at radius 2 is 1.86 bits per heavy atom. The first-order valence-electron chi connectivity index (χ1n) is 8.80. The van der Waals surface area contributed by atoms with E-state index >= 15 is 0 Å².